The third-order valence-electron chi connectivity index (χ3n) is 4.82. The van der Waals surface area contributed by atoms with Gasteiger partial charge < -0.3 is 9.47 Å². The van der Waals surface area contributed by atoms with Crippen molar-refractivity contribution in [2.75, 3.05) is 0 Å². The Kier molecular flexibility index (Phi) is 3.01. The second-order valence-electron chi connectivity index (χ2n) is 6.41. The van der Waals surface area contributed by atoms with Crippen LogP contribution in [0.1, 0.15) is 18.1 Å². The summed E-state index contributed by atoms with van der Waals surface area (Å²) in [6.07, 6.45) is 6.16. The highest BCUT2D eigenvalue weighted by atomic mass is 35.5. The van der Waals surface area contributed by atoms with Crippen LogP contribution in [-0.2, 0) is 0 Å². The third-order valence-corrected chi connectivity index (χ3v) is 5.05. The maximum Gasteiger partial charge on any atom is 0.294 e. The average molecular weight is 347 g/mol. The Hall–Kier alpha value is -2.71. The van der Waals surface area contributed by atoms with Gasteiger partial charge in [-0.3, -0.25) is 0 Å². The molecule has 2 heterocycles. The van der Waals surface area contributed by atoms with Gasteiger partial charge in [0.15, 0.2) is 0 Å². The molecule has 2 aliphatic heterocycles. The van der Waals surface area contributed by atoms with Crippen LogP contribution in [0.15, 0.2) is 66.2 Å². The first-order chi connectivity index (χ1) is 12.1. The lowest BCUT2D eigenvalue weighted by atomic mass is 9.94. The molecule has 0 bridgehead atoms. The summed E-state index contributed by atoms with van der Waals surface area (Å²) >= 11 is 6.09. The predicted molar refractivity (Wildman–Crippen MR) is 102 cm³/mol. The average Bonchev–Trinajstić information content (AvgIpc) is 2.63. The monoisotopic (exact) mass is 346 g/mol. The SMILES string of the molecule is CC1=Cc2cc(Cl)ccc2OC12C=Cc1c(ccc3ccccc13)O2. The fourth-order valence-corrected chi connectivity index (χ4v) is 3.68. The highest BCUT2D eigenvalue weighted by molar-refractivity contribution is 6.30. The molecule has 2 aliphatic rings. The molecule has 1 spiro atoms. The minimum Gasteiger partial charge on any atom is -0.444 e. The van der Waals surface area contributed by atoms with E-state index in [1.54, 1.807) is 0 Å². The lowest BCUT2D eigenvalue weighted by Crippen LogP contribution is -2.44. The summed E-state index contributed by atoms with van der Waals surface area (Å²) in [5.74, 6) is 0.686. The molecule has 1 unspecified atom stereocenters. The number of ether oxygens (including phenoxy) is 2. The van der Waals surface area contributed by atoms with Crippen LogP contribution in [0.3, 0.4) is 0 Å². The fourth-order valence-electron chi connectivity index (χ4n) is 3.50. The molecule has 0 aromatic heterocycles. The molecule has 1 atom stereocenters. The zero-order valence-electron chi connectivity index (χ0n) is 13.6. The summed E-state index contributed by atoms with van der Waals surface area (Å²) in [6, 6.07) is 18.0. The van der Waals surface area contributed by atoms with Crippen LogP contribution >= 0.6 is 11.6 Å². The number of hydrogen-bond donors (Lipinski definition) is 0. The number of rotatable bonds is 0. The molecule has 0 saturated carbocycles. The van der Waals surface area contributed by atoms with Crippen molar-refractivity contribution in [1.29, 1.82) is 0 Å². The summed E-state index contributed by atoms with van der Waals surface area (Å²) < 4.78 is 12.6. The number of benzene rings is 3. The van der Waals surface area contributed by atoms with Gasteiger partial charge in [0.05, 0.1) is 0 Å². The molecule has 0 fully saturated rings. The highest BCUT2D eigenvalue weighted by Gasteiger charge is 2.40. The molecule has 2 nitrogen and oxygen atoms in total. The van der Waals surface area contributed by atoms with E-state index in [9.17, 15) is 0 Å². The van der Waals surface area contributed by atoms with E-state index in [4.69, 9.17) is 21.1 Å². The summed E-state index contributed by atoms with van der Waals surface area (Å²) in [6.45, 7) is 2.01. The van der Waals surface area contributed by atoms with Crippen LogP contribution in [0.5, 0.6) is 11.5 Å². The van der Waals surface area contributed by atoms with Gasteiger partial charge in [-0.15, -0.1) is 0 Å². The molecule has 3 heteroatoms. The van der Waals surface area contributed by atoms with Gasteiger partial charge in [-0.1, -0.05) is 41.9 Å². The second kappa shape index (κ2) is 5.14. The first-order valence-electron chi connectivity index (χ1n) is 8.22. The van der Waals surface area contributed by atoms with Crippen LogP contribution in [0.2, 0.25) is 5.02 Å². The molecule has 0 aliphatic carbocycles. The molecular formula is C22H15ClO2. The molecular weight excluding hydrogens is 332 g/mol. The quantitative estimate of drug-likeness (QED) is 0.490. The lowest BCUT2D eigenvalue weighted by Gasteiger charge is -2.38. The van der Waals surface area contributed by atoms with Gasteiger partial charge >= 0.3 is 0 Å². The van der Waals surface area contributed by atoms with Crippen LogP contribution in [0.25, 0.3) is 22.9 Å². The van der Waals surface area contributed by atoms with Crippen molar-refractivity contribution < 1.29 is 9.47 Å². The second-order valence-corrected chi connectivity index (χ2v) is 6.85. The molecule has 0 saturated heterocycles. The maximum absolute atomic E-state index is 6.36. The van der Waals surface area contributed by atoms with Crippen molar-refractivity contribution in [2.45, 2.75) is 12.7 Å². The predicted octanol–water partition coefficient (Wildman–Crippen LogP) is 6.09. The normalized spacial score (nSPS) is 20.5. The Balaban J connectivity index is 1.64. The molecule has 122 valence electrons. The molecule has 3 aromatic rings. The van der Waals surface area contributed by atoms with Crippen LogP contribution in [0.4, 0.5) is 0 Å². The highest BCUT2D eigenvalue weighted by Crippen LogP contribution is 2.43. The lowest BCUT2D eigenvalue weighted by molar-refractivity contribution is -0.0409. The largest absolute Gasteiger partial charge is 0.444 e. The van der Waals surface area contributed by atoms with E-state index in [0.717, 1.165) is 28.2 Å². The van der Waals surface area contributed by atoms with Crippen molar-refractivity contribution in [3.05, 3.63) is 82.4 Å². The summed E-state index contributed by atoms with van der Waals surface area (Å²) in [7, 11) is 0. The summed E-state index contributed by atoms with van der Waals surface area (Å²) in [4.78, 5) is 0. The van der Waals surface area contributed by atoms with Crippen molar-refractivity contribution in [3.8, 4) is 11.5 Å². The van der Waals surface area contributed by atoms with Gasteiger partial charge in [-0.25, -0.2) is 0 Å². The van der Waals surface area contributed by atoms with Crippen LogP contribution in [0, 0.1) is 0 Å². The number of hydrogen-bond acceptors (Lipinski definition) is 2. The zero-order chi connectivity index (χ0) is 17.0. The van der Waals surface area contributed by atoms with Gasteiger partial charge in [0.2, 0.25) is 0 Å². The van der Waals surface area contributed by atoms with Crippen molar-refractivity contribution in [2.24, 2.45) is 0 Å². The zero-order valence-corrected chi connectivity index (χ0v) is 14.4. The Labute approximate surface area is 150 Å². The van der Waals surface area contributed by atoms with Crippen molar-refractivity contribution >= 4 is 34.5 Å². The van der Waals surface area contributed by atoms with Crippen LogP contribution < -0.4 is 9.47 Å². The Morgan fingerprint density at radius 1 is 0.920 bits per heavy atom. The number of fused-ring (bicyclic) bond motifs is 4. The van der Waals surface area contributed by atoms with E-state index < -0.39 is 5.79 Å². The van der Waals surface area contributed by atoms with Gasteiger partial charge in [0.1, 0.15) is 11.5 Å². The molecule has 3 aromatic carbocycles. The molecule has 0 amide bonds. The van der Waals surface area contributed by atoms with Gasteiger partial charge in [0.25, 0.3) is 5.79 Å². The smallest absolute Gasteiger partial charge is 0.294 e. The topological polar surface area (TPSA) is 18.5 Å². The van der Waals surface area contributed by atoms with Crippen molar-refractivity contribution in [1.82, 2.24) is 0 Å². The Morgan fingerprint density at radius 2 is 1.72 bits per heavy atom. The first kappa shape index (κ1) is 14.6. The van der Waals surface area contributed by atoms with Crippen molar-refractivity contribution in [3.63, 3.8) is 0 Å². The van der Waals surface area contributed by atoms with E-state index in [0.29, 0.717) is 5.02 Å². The molecule has 0 radical (unpaired) electrons. The standard InChI is InChI=1S/C22H15ClO2/c1-14-12-16-13-17(23)7-9-20(16)24-22(14)11-10-19-18-5-3-2-4-15(18)6-8-21(19)25-22/h2-13H,1H3. The van der Waals surface area contributed by atoms with Gasteiger partial charge in [-0.05, 0) is 54.1 Å². The number of halogens is 1. The van der Waals surface area contributed by atoms with Crippen LogP contribution in [-0.4, -0.2) is 5.79 Å². The van der Waals surface area contributed by atoms with E-state index in [-0.39, 0.29) is 0 Å². The molecule has 25 heavy (non-hydrogen) atoms. The Bertz CT molecular complexity index is 1080. The summed E-state index contributed by atoms with van der Waals surface area (Å²) in [5.41, 5.74) is 3.04. The van der Waals surface area contributed by atoms with E-state index in [1.165, 1.54) is 10.8 Å². The Morgan fingerprint density at radius 3 is 2.64 bits per heavy atom. The fraction of sp³-hybridized carbons (Fsp3) is 0.0909. The molecule has 0 N–H and O–H groups in total. The van der Waals surface area contributed by atoms with Gasteiger partial charge in [-0.2, -0.15) is 0 Å². The third kappa shape index (κ3) is 2.18. The van der Waals surface area contributed by atoms with Gasteiger partial charge in [0, 0.05) is 27.8 Å². The van der Waals surface area contributed by atoms with E-state index >= 15 is 0 Å². The summed E-state index contributed by atoms with van der Waals surface area (Å²) in [5, 5.41) is 3.07. The minimum atomic E-state index is -0.906. The first-order valence-corrected chi connectivity index (χ1v) is 8.60. The minimum absolute atomic E-state index is 0.694. The van der Waals surface area contributed by atoms with E-state index in [1.807, 2.05) is 49.4 Å². The van der Waals surface area contributed by atoms with E-state index in [2.05, 4.69) is 30.4 Å². The molecule has 5 rings (SSSR count). The maximum atomic E-state index is 6.36.